The number of methoxy groups -OCH3 is 1. The molecule has 2 heterocycles. The lowest BCUT2D eigenvalue weighted by atomic mass is 9.98. The topological polar surface area (TPSA) is 44.8 Å². The first-order valence-corrected chi connectivity index (χ1v) is 6.75. The third kappa shape index (κ3) is 2.42. The van der Waals surface area contributed by atoms with E-state index < -0.39 is 5.24 Å². The van der Waals surface area contributed by atoms with E-state index in [1.54, 1.807) is 25.3 Å². The van der Waals surface area contributed by atoms with Gasteiger partial charge in [0.1, 0.15) is 6.10 Å². The van der Waals surface area contributed by atoms with E-state index in [-0.39, 0.29) is 12.2 Å². The Labute approximate surface area is 116 Å². The molecule has 4 nitrogen and oxygen atoms in total. The van der Waals surface area contributed by atoms with E-state index >= 15 is 0 Å². The lowest BCUT2D eigenvalue weighted by Gasteiger charge is -2.21. The van der Waals surface area contributed by atoms with E-state index in [0.717, 1.165) is 19.3 Å². The zero-order valence-electron chi connectivity index (χ0n) is 10.6. The maximum absolute atomic E-state index is 11.2. The van der Waals surface area contributed by atoms with Crippen LogP contribution in [0.3, 0.4) is 0 Å². The molecule has 0 N–H and O–H groups in total. The predicted octanol–water partition coefficient (Wildman–Crippen LogP) is 2.77. The molecule has 19 heavy (non-hydrogen) atoms. The summed E-state index contributed by atoms with van der Waals surface area (Å²) >= 11 is 5.49. The van der Waals surface area contributed by atoms with Crippen molar-refractivity contribution in [3.63, 3.8) is 0 Å². The van der Waals surface area contributed by atoms with Crippen molar-refractivity contribution in [3.05, 3.63) is 23.8 Å². The van der Waals surface area contributed by atoms with Crippen molar-refractivity contribution in [3.8, 4) is 11.5 Å². The summed E-state index contributed by atoms with van der Waals surface area (Å²) < 4.78 is 17.0. The highest BCUT2D eigenvalue weighted by Gasteiger charge is 2.42. The molecule has 2 aliphatic heterocycles. The summed E-state index contributed by atoms with van der Waals surface area (Å²) in [5, 5.41) is -0.503. The Morgan fingerprint density at radius 1 is 1.37 bits per heavy atom. The van der Waals surface area contributed by atoms with Gasteiger partial charge in [0.25, 0.3) is 5.24 Å². The molecule has 2 fully saturated rings. The second-order valence-electron chi connectivity index (χ2n) is 4.91. The van der Waals surface area contributed by atoms with E-state index in [1.165, 1.54) is 0 Å². The van der Waals surface area contributed by atoms with Gasteiger partial charge in [-0.05, 0) is 42.6 Å². The van der Waals surface area contributed by atoms with E-state index in [1.807, 2.05) is 0 Å². The highest BCUT2D eigenvalue weighted by molar-refractivity contribution is 6.67. The highest BCUT2D eigenvalue weighted by Crippen LogP contribution is 2.39. The molecular formula is C14H15ClO4. The zero-order chi connectivity index (χ0) is 13.4. The molecule has 2 bridgehead atoms. The molecule has 1 aromatic carbocycles. The first kappa shape index (κ1) is 12.8. The second-order valence-corrected chi connectivity index (χ2v) is 5.25. The van der Waals surface area contributed by atoms with Crippen molar-refractivity contribution >= 4 is 16.8 Å². The Hall–Kier alpha value is -1.26. The maximum atomic E-state index is 11.2. The van der Waals surface area contributed by atoms with E-state index in [0.29, 0.717) is 23.2 Å². The van der Waals surface area contributed by atoms with Crippen LogP contribution in [-0.2, 0) is 4.74 Å². The van der Waals surface area contributed by atoms with Crippen LogP contribution in [0.1, 0.15) is 29.6 Å². The number of halogens is 1. The smallest absolute Gasteiger partial charge is 0.252 e. The monoisotopic (exact) mass is 282 g/mol. The molecular weight excluding hydrogens is 268 g/mol. The van der Waals surface area contributed by atoms with Crippen LogP contribution in [0.15, 0.2) is 18.2 Å². The van der Waals surface area contributed by atoms with Crippen LogP contribution in [0.2, 0.25) is 0 Å². The number of rotatable bonds is 4. The van der Waals surface area contributed by atoms with Crippen molar-refractivity contribution < 1.29 is 19.0 Å². The van der Waals surface area contributed by atoms with Gasteiger partial charge in [0.15, 0.2) is 11.5 Å². The minimum atomic E-state index is -0.503. The van der Waals surface area contributed by atoms with E-state index in [9.17, 15) is 4.79 Å². The summed E-state index contributed by atoms with van der Waals surface area (Å²) in [6.07, 6.45) is 3.55. The average molecular weight is 283 g/mol. The molecule has 2 saturated heterocycles. The fourth-order valence-electron chi connectivity index (χ4n) is 2.77. The molecule has 0 saturated carbocycles. The van der Waals surface area contributed by atoms with Gasteiger partial charge in [0, 0.05) is 12.0 Å². The predicted molar refractivity (Wildman–Crippen MR) is 70.1 cm³/mol. The summed E-state index contributed by atoms with van der Waals surface area (Å²) in [5.74, 6) is 1.15. The Balaban J connectivity index is 1.82. The van der Waals surface area contributed by atoms with E-state index in [2.05, 4.69) is 0 Å². The summed E-state index contributed by atoms with van der Waals surface area (Å²) in [5.41, 5.74) is 0.404. The van der Waals surface area contributed by atoms with Gasteiger partial charge in [-0.1, -0.05) is 0 Å². The Bertz CT molecular complexity index is 502. The lowest BCUT2D eigenvalue weighted by Crippen LogP contribution is -2.28. The molecule has 2 aliphatic rings. The fourth-order valence-corrected chi connectivity index (χ4v) is 2.89. The standard InChI is InChI=1S/C14H15ClO4/c1-17-10-4-2-8(14(15)16)6-12(10)19-13-7-9-3-5-11(13)18-9/h2,4,6,9,11,13H,3,5,7H2,1H3. The molecule has 3 rings (SSSR count). The Morgan fingerprint density at radius 3 is 2.79 bits per heavy atom. The summed E-state index contributed by atoms with van der Waals surface area (Å²) in [7, 11) is 1.57. The van der Waals surface area contributed by atoms with Crippen LogP contribution in [0.4, 0.5) is 0 Å². The largest absolute Gasteiger partial charge is 0.493 e. The van der Waals surface area contributed by atoms with Crippen LogP contribution >= 0.6 is 11.6 Å². The van der Waals surface area contributed by atoms with Gasteiger partial charge in [0.05, 0.1) is 19.3 Å². The van der Waals surface area contributed by atoms with Crippen molar-refractivity contribution in [2.45, 2.75) is 37.6 Å². The minimum absolute atomic E-state index is 0.0355. The van der Waals surface area contributed by atoms with Gasteiger partial charge < -0.3 is 14.2 Å². The maximum Gasteiger partial charge on any atom is 0.252 e. The molecule has 0 radical (unpaired) electrons. The number of hydrogen-bond acceptors (Lipinski definition) is 4. The van der Waals surface area contributed by atoms with Gasteiger partial charge in [-0.2, -0.15) is 0 Å². The summed E-state index contributed by atoms with van der Waals surface area (Å²) in [6, 6.07) is 4.94. The van der Waals surface area contributed by atoms with Crippen LogP contribution in [0, 0.1) is 0 Å². The summed E-state index contributed by atoms with van der Waals surface area (Å²) in [4.78, 5) is 11.2. The molecule has 102 valence electrons. The molecule has 0 aromatic heterocycles. The van der Waals surface area contributed by atoms with Gasteiger partial charge in [0.2, 0.25) is 0 Å². The zero-order valence-corrected chi connectivity index (χ0v) is 11.4. The molecule has 5 heteroatoms. The van der Waals surface area contributed by atoms with Crippen molar-refractivity contribution in [1.82, 2.24) is 0 Å². The van der Waals surface area contributed by atoms with Crippen LogP contribution in [0.5, 0.6) is 11.5 Å². The highest BCUT2D eigenvalue weighted by atomic mass is 35.5. The fraction of sp³-hybridized carbons (Fsp3) is 0.500. The quantitative estimate of drug-likeness (QED) is 0.797. The number of hydrogen-bond donors (Lipinski definition) is 0. The number of fused-ring (bicyclic) bond motifs is 2. The van der Waals surface area contributed by atoms with Gasteiger partial charge in [-0.25, -0.2) is 0 Å². The summed E-state index contributed by atoms with van der Waals surface area (Å²) in [6.45, 7) is 0. The third-order valence-corrected chi connectivity index (χ3v) is 3.94. The van der Waals surface area contributed by atoms with Crippen LogP contribution in [-0.4, -0.2) is 30.7 Å². The van der Waals surface area contributed by atoms with Crippen LogP contribution in [0.25, 0.3) is 0 Å². The lowest BCUT2D eigenvalue weighted by molar-refractivity contribution is 0.0629. The van der Waals surface area contributed by atoms with E-state index in [4.69, 9.17) is 25.8 Å². The Morgan fingerprint density at radius 2 is 2.21 bits per heavy atom. The number of carbonyl (C=O) groups is 1. The first-order chi connectivity index (χ1) is 9.17. The first-order valence-electron chi connectivity index (χ1n) is 6.37. The molecule has 3 unspecified atom stereocenters. The second kappa shape index (κ2) is 5.02. The number of carbonyl (C=O) groups excluding carboxylic acids is 1. The molecule has 0 amide bonds. The molecule has 1 aromatic rings. The Kier molecular flexibility index (Phi) is 3.37. The van der Waals surface area contributed by atoms with Crippen LogP contribution < -0.4 is 9.47 Å². The molecule has 0 spiro atoms. The molecule has 0 aliphatic carbocycles. The number of ether oxygens (including phenoxy) is 3. The van der Waals surface area contributed by atoms with Gasteiger partial charge in [-0.15, -0.1) is 0 Å². The van der Waals surface area contributed by atoms with Crippen molar-refractivity contribution in [1.29, 1.82) is 0 Å². The number of benzene rings is 1. The normalized spacial score (nSPS) is 28.4. The average Bonchev–Trinajstić information content (AvgIpc) is 3.01. The van der Waals surface area contributed by atoms with Crippen molar-refractivity contribution in [2.24, 2.45) is 0 Å². The SMILES string of the molecule is COc1ccc(C(=O)Cl)cc1OC1CC2CCC1O2. The van der Waals surface area contributed by atoms with Gasteiger partial charge in [-0.3, -0.25) is 4.79 Å². The van der Waals surface area contributed by atoms with Gasteiger partial charge >= 0.3 is 0 Å². The van der Waals surface area contributed by atoms with Crippen molar-refractivity contribution in [2.75, 3.05) is 7.11 Å². The molecule has 3 atom stereocenters. The minimum Gasteiger partial charge on any atom is -0.493 e. The third-order valence-electron chi connectivity index (χ3n) is 3.72.